The van der Waals surface area contributed by atoms with Crippen molar-refractivity contribution in [2.24, 2.45) is 0 Å². The summed E-state index contributed by atoms with van der Waals surface area (Å²) in [6.07, 6.45) is 0. The fourth-order valence-corrected chi connectivity index (χ4v) is 4.69. The molecule has 0 saturated carbocycles. The standard InChI is InChI=1S/C23H24ClN3OS/c1-16-11-17(2)13-19(12-16)23(28)27-9-7-26(8-10-27)14-22-25-21(15-29-22)18-3-5-20(24)6-4-18/h3-6,11-13,15H,7-10,14H2,1-2H3. The molecule has 1 saturated heterocycles. The maximum absolute atomic E-state index is 12.8. The number of amides is 1. The molecule has 29 heavy (non-hydrogen) atoms. The van der Waals surface area contributed by atoms with Crippen molar-refractivity contribution < 1.29 is 4.79 Å². The van der Waals surface area contributed by atoms with E-state index in [4.69, 9.17) is 16.6 Å². The molecule has 3 aromatic rings. The first kappa shape index (κ1) is 20.1. The van der Waals surface area contributed by atoms with Gasteiger partial charge in [0.25, 0.3) is 5.91 Å². The predicted octanol–water partition coefficient (Wildman–Crippen LogP) is 5.04. The molecular formula is C23H24ClN3OS. The molecule has 150 valence electrons. The summed E-state index contributed by atoms with van der Waals surface area (Å²) in [5.41, 5.74) is 5.13. The van der Waals surface area contributed by atoms with Crippen LogP contribution in [0.15, 0.2) is 47.8 Å². The van der Waals surface area contributed by atoms with E-state index in [1.807, 2.05) is 55.1 Å². The summed E-state index contributed by atoms with van der Waals surface area (Å²) in [4.78, 5) is 22.0. The molecule has 0 aliphatic carbocycles. The second kappa shape index (κ2) is 8.66. The first-order chi connectivity index (χ1) is 14.0. The van der Waals surface area contributed by atoms with Crippen molar-refractivity contribution >= 4 is 28.8 Å². The van der Waals surface area contributed by atoms with Crippen LogP contribution in [0.25, 0.3) is 11.3 Å². The minimum absolute atomic E-state index is 0.135. The summed E-state index contributed by atoms with van der Waals surface area (Å²) in [5, 5.41) is 3.93. The molecule has 0 N–H and O–H groups in total. The molecule has 0 spiro atoms. The van der Waals surface area contributed by atoms with Gasteiger partial charge in [-0.05, 0) is 38.1 Å². The maximum atomic E-state index is 12.8. The molecule has 2 heterocycles. The van der Waals surface area contributed by atoms with Gasteiger partial charge in [0.1, 0.15) is 5.01 Å². The molecule has 0 atom stereocenters. The Morgan fingerprint density at radius 1 is 1.03 bits per heavy atom. The van der Waals surface area contributed by atoms with E-state index < -0.39 is 0 Å². The number of benzene rings is 2. The summed E-state index contributed by atoms with van der Waals surface area (Å²) in [6.45, 7) is 8.13. The monoisotopic (exact) mass is 425 g/mol. The molecule has 6 heteroatoms. The molecule has 1 fully saturated rings. The van der Waals surface area contributed by atoms with Crippen molar-refractivity contribution in [1.29, 1.82) is 0 Å². The molecule has 0 unspecified atom stereocenters. The van der Waals surface area contributed by atoms with Gasteiger partial charge in [-0.2, -0.15) is 0 Å². The quantitative estimate of drug-likeness (QED) is 0.587. The first-order valence-corrected chi connectivity index (χ1v) is 11.0. The van der Waals surface area contributed by atoms with Crippen molar-refractivity contribution in [3.05, 3.63) is 74.6 Å². The van der Waals surface area contributed by atoms with Crippen molar-refractivity contribution in [2.45, 2.75) is 20.4 Å². The highest BCUT2D eigenvalue weighted by atomic mass is 35.5. The van der Waals surface area contributed by atoms with Gasteiger partial charge < -0.3 is 4.90 Å². The predicted molar refractivity (Wildman–Crippen MR) is 120 cm³/mol. The smallest absolute Gasteiger partial charge is 0.253 e. The zero-order valence-corrected chi connectivity index (χ0v) is 18.3. The van der Waals surface area contributed by atoms with Crippen LogP contribution in [0.5, 0.6) is 0 Å². The van der Waals surface area contributed by atoms with Crippen LogP contribution in [0.3, 0.4) is 0 Å². The molecule has 1 amide bonds. The second-order valence-corrected chi connectivity index (χ2v) is 8.96. The van der Waals surface area contributed by atoms with Crippen LogP contribution in [0, 0.1) is 13.8 Å². The number of carbonyl (C=O) groups is 1. The first-order valence-electron chi connectivity index (χ1n) is 9.78. The Morgan fingerprint density at radius 2 is 1.69 bits per heavy atom. The summed E-state index contributed by atoms with van der Waals surface area (Å²) in [6, 6.07) is 13.8. The van der Waals surface area contributed by atoms with E-state index >= 15 is 0 Å². The van der Waals surface area contributed by atoms with Crippen LogP contribution in [-0.4, -0.2) is 46.9 Å². The van der Waals surface area contributed by atoms with E-state index in [-0.39, 0.29) is 5.91 Å². The van der Waals surface area contributed by atoms with Gasteiger partial charge in [0.15, 0.2) is 0 Å². The lowest BCUT2D eigenvalue weighted by molar-refractivity contribution is 0.0628. The Morgan fingerprint density at radius 3 is 2.34 bits per heavy atom. The lowest BCUT2D eigenvalue weighted by Crippen LogP contribution is -2.48. The van der Waals surface area contributed by atoms with E-state index in [9.17, 15) is 4.79 Å². The van der Waals surface area contributed by atoms with Crippen LogP contribution in [0.4, 0.5) is 0 Å². The SMILES string of the molecule is Cc1cc(C)cc(C(=O)N2CCN(Cc3nc(-c4ccc(Cl)cc4)cs3)CC2)c1. The van der Waals surface area contributed by atoms with Crippen LogP contribution in [-0.2, 0) is 6.54 Å². The van der Waals surface area contributed by atoms with Crippen LogP contribution < -0.4 is 0 Å². The number of aryl methyl sites for hydroxylation is 2. The average Bonchev–Trinajstić information content (AvgIpc) is 3.16. The number of aromatic nitrogens is 1. The zero-order chi connectivity index (χ0) is 20.4. The van der Waals surface area contributed by atoms with Gasteiger partial charge in [-0.3, -0.25) is 9.69 Å². The Hall–Kier alpha value is -2.21. The normalized spacial score (nSPS) is 14.9. The highest BCUT2D eigenvalue weighted by Crippen LogP contribution is 2.24. The van der Waals surface area contributed by atoms with Crippen molar-refractivity contribution in [1.82, 2.24) is 14.8 Å². The lowest BCUT2D eigenvalue weighted by atomic mass is 10.1. The molecule has 0 radical (unpaired) electrons. The van der Waals surface area contributed by atoms with Gasteiger partial charge >= 0.3 is 0 Å². The van der Waals surface area contributed by atoms with Crippen LogP contribution in [0.2, 0.25) is 5.02 Å². The molecule has 2 aromatic carbocycles. The maximum Gasteiger partial charge on any atom is 0.253 e. The molecule has 1 aromatic heterocycles. The topological polar surface area (TPSA) is 36.4 Å². The van der Waals surface area contributed by atoms with Crippen molar-refractivity contribution in [3.8, 4) is 11.3 Å². The van der Waals surface area contributed by atoms with E-state index in [0.717, 1.165) is 70.7 Å². The number of piperazine rings is 1. The third-order valence-corrected chi connectivity index (χ3v) is 6.26. The van der Waals surface area contributed by atoms with Crippen molar-refractivity contribution in [2.75, 3.05) is 26.2 Å². The number of thiazole rings is 1. The summed E-state index contributed by atoms with van der Waals surface area (Å²) >= 11 is 7.65. The Balaban J connectivity index is 1.34. The van der Waals surface area contributed by atoms with E-state index in [1.165, 1.54) is 0 Å². The molecule has 4 nitrogen and oxygen atoms in total. The fraction of sp³-hybridized carbons (Fsp3) is 0.304. The molecule has 1 aliphatic rings. The zero-order valence-electron chi connectivity index (χ0n) is 16.7. The van der Waals surface area contributed by atoms with Crippen LogP contribution in [0.1, 0.15) is 26.5 Å². The van der Waals surface area contributed by atoms with Crippen LogP contribution >= 0.6 is 22.9 Å². The second-order valence-electron chi connectivity index (χ2n) is 7.58. The number of nitrogens with zero attached hydrogens (tertiary/aromatic N) is 3. The lowest BCUT2D eigenvalue weighted by Gasteiger charge is -2.34. The molecule has 1 aliphatic heterocycles. The Bertz CT molecular complexity index is 987. The number of carbonyl (C=O) groups excluding carboxylic acids is 1. The summed E-state index contributed by atoms with van der Waals surface area (Å²) in [5.74, 6) is 0.135. The molecule has 4 rings (SSSR count). The van der Waals surface area contributed by atoms with Gasteiger partial charge in [-0.25, -0.2) is 4.98 Å². The van der Waals surface area contributed by atoms with Crippen molar-refractivity contribution in [3.63, 3.8) is 0 Å². The Kier molecular flexibility index (Phi) is 5.99. The summed E-state index contributed by atoms with van der Waals surface area (Å²) < 4.78 is 0. The third-order valence-electron chi connectivity index (χ3n) is 5.18. The van der Waals surface area contributed by atoms with Gasteiger partial charge in [-0.1, -0.05) is 40.9 Å². The average molecular weight is 426 g/mol. The highest BCUT2D eigenvalue weighted by Gasteiger charge is 2.23. The summed E-state index contributed by atoms with van der Waals surface area (Å²) in [7, 11) is 0. The fourth-order valence-electron chi connectivity index (χ4n) is 3.72. The molecule has 0 bridgehead atoms. The minimum Gasteiger partial charge on any atom is -0.336 e. The van der Waals surface area contributed by atoms with E-state index in [1.54, 1.807) is 11.3 Å². The number of rotatable bonds is 4. The minimum atomic E-state index is 0.135. The van der Waals surface area contributed by atoms with Gasteiger partial charge in [-0.15, -0.1) is 11.3 Å². The van der Waals surface area contributed by atoms with Gasteiger partial charge in [0, 0.05) is 47.7 Å². The Labute approximate surface area is 180 Å². The van der Waals surface area contributed by atoms with E-state index in [2.05, 4.69) is 16.3 Å². The number of halogens is 1. The van der Waals surface area contributed by atoms with E-state index in [0.29, 0.717) is 0 Å². The number of hydrogen-bond donors (Lipinski definition) is 0. The highest BCUT2D eigenvalue weighted by molar-refractivity contribution is 7.09. The third kappa shape index (κ3) is 4.86. The molecular weight excluding hydrogens is 402 g/mol. The van der Waals surface area contributed by atoms with Gasteiger partial charge in [0.05, 0.1) is 12.2 Å². The van der Waals surface area contributed by atoms with Gasteiger partial charge in [0.2, 0.25) is 0 Å². The largest absolute Gasteiger partial charge is 0.336 e. The number of hydrogen-bond acceptors (Lipinski definition) is 4.